The van der Waals surface area contributed by atoms with Crippen LogP contribution in [0.4, 0.5) is 13.2 Å². The molecule has 1 aromatic rings. The zero-order valence-electron chi connectivity index (χ0n) is 8.63. The highest BCUT2D eigenvalue weighted by Crippen LogP contribution is 2.38. The number of piperazine rings is 1. The molecule has 16 heavy (non-hydrogen) atoms. The summed E-state index contributed by atoms with van der Waals surface area (Å²) in [6, 6.07) is 0.117. The van der Waals surface area contributed by atoms with Crippen molar-refractivity contribution >= 4 is 11.3 Å². The van der Waals surface area contributed by atoms with Crippen LogP contribution < -0.4 is 5.32 Å². The van der Waals surface area contributed by atoms with Crippen LogP contribution in [-0.2, 0) is 0 Å². The van der Waals surface area contributed by atoms with Gasteiger partial charge in [0.05, 0.1) is 0 Å². The summed E-state index contributed by atoms with van der Waals surface area (Å²) in [6.07, 6.45) is -4.20. The molecule has 0 radical (unpaired) electrons. The van der Waals surface area contributed by atoms with E-state index in [2.05, 4.69) is 5.32 Å². The molecule has 0 unspecified atom stereocenters. The molecule has 1 aromatic heterocycles. The highest BCUT2D eigenvalue weighted by Gasteiger charge is 2.44. The fourth-order valence-corrected chi connectivity index (χ4v) is 2.66. The number of rotatable bonds is 2. The second kappa shape index (κ2) is 4.73. The summed E-state index contributed by atoms with van der Waals surface area (Å²) in [5, 5.41) is 6.33. The van der Waals surface area contributed by atoms with E-state index in [9.17, 15) is 13.2 Å². The average molecular weight is 250 g/mol. The summed E-state index contributed by atoms with van der Waals surface area (Å²) < 4.78 is 39.0. The Balaban J connectivity index is 2.21. The predicted octanol–water partition coefficient (Wildman–Crippen LogP) is 2.26. The van der Waals surface area contributed by atoms with Crippen molar-refractivity contribution in [2.24, 2.45) is 0 Å². The first-order chi connectivity index (χ1) is 7.59. The van der Waals surface area contributed by atoms with E-state index in [0.717, 1.165) is 0 Å². The second-order valence-corrected chi connectivity index (χ2v) is 4.57. The van der Waals surface area contributed by atoms with Crippen LogP contribution in [0.2, 0.25) is 0 Å². The van der Waals surface area contributed by atoms with Gasteiger partial charge in [0.1, 0.15) is 6.04 Å². The third kappa shape index (κ3) is 2.56. The van der Waals surface area contributed by atoms with Gasteiger partial charge in [-0.2, -0.15) is 24.5 Å². The molecule has 0 spiro atoms. The van der Waals surface area contributed by atoms with Gasteiger partial charge in [-0.3, -0.25) is 4.90 Å². The third-order valence-electron chi connectivity index (χ3n) is 2.69. The molecule has 0 amide bonds. The maximum absolute atomic E-state index is 13.0. The minimum atomic E-state index is -4.20. The van der Waals surface area contributed by atoms with Crippen molar-refractivity contribution in [3.8, 4) is 0 Å². The summed E-state index contributed by atoms with van der Waals surface area (Å²) in [6.45, 7) is 2.13. The lowest BCUT2D eigenvalue weighted by atomic mass is 10.1. The Morgan fingerprint density at radius 1 is 1.31 bits per heavy atom. The SMILES string of the molecule is FC(F)(F)[C@H](c1ccsc1)N1CCNCC1. The number of alkyl halides is 3. The van der Waals surface area contributed by atoms with Crippen molar-refractivity contribution in [2.45, 2.75) is 12.2 Å². The van der Waals surface area contributed by atoms with Gasteiger partial charge in [-0.05, 0) is 22.4 Å². The number of hydrogen-bond acceptors (Lipinski definition) is 3. The Kier molecular flexibility index (Phi) is 3.51. The lowest BCUT2D eigenvalue weighted by molar-refractivity contribution is -0.187. The Morgan fingerprint density at radius 3 is 2.50 bits per heavy atom. The molecule has 0 aliphatic carbocycles. The van der Waals surface area contributed by atoms with Gasteiger partial charge in [-0.1, -0.05) is 0 Å². The molecule has 1 aliphatic rings. The fraction of sp³-hybridized carbons (Fsp3) is 0.600. The second-order valence-electron chi connectivity index (χ2n) is 3.79. The molecule has 90 valence electrons. The Bertz CT molecular complexity index is 317. The topological polar surface area (TPSA) is 15.3 Å². The van der Waals surface area contributed by atoms with Crippen LogP contribution in [0, 0.1) is 0 Å². The minimum Gasteiger partial charge on any atom is -0.314 e. The molecule has 1 fully saturated rings. The molecule has 1 atom stereocenters. The first kappa shape index (κ1) is 11.9. The summed E-state index contributed by atoms with van der Waals surface area (Å²) in [7, 11) is 0. The Morgan fingerprint density at radius 2 is 2.00 bits per heavy atom. The van der Waals surface area contributed by atoms with Crippen LogP contribution in [0.5, 0.6) is 0 Å². The number of hydrogen-bond donors (Lipinski definition) is 1. The number of thiophene rings is 1. The average Bonchev–Trinajstić information content (AvgIpc) is 2.71. The molecule has 0 saturated carbocycles. The monoisotopic (exact) mass is 250 g/mol. The minimum absolute atomic E-state index is 0.361. The van der Waals surface area contributed by atoms with E-state index < -0.39 is 12.2 Å². The van der Waals surface area contributed by atoms with Crippen LogP contribution >= 0.6 is 11.3 Å². The largest absolute Gasteiger partial charge is 0.408 e. The summed E-state index contributed by atoms with van der Waals surface area (Å²) in [4.78, 5) is 1.50. The van der Waals surface area contributed by atoms with Crippen LogP contribution in [0.25, 0.3) is 0 Å². The molecule has 2 heterocycles. The lowest BCUT2D eigenvalue weighted by Gasteiger charge is -2.35. The van der Waals surface area contributed by atoms with Gasteiger partial charge in [-0.25, -0.2) is 0 Å². The number of nitrogens with one attached hydrogen (secondary N) is 1. The highest BCUT2D eigenvalue weighted by molar-refractivity contribution is 7.07. The number of halogens is 3. The molecule has 0 aromatic carbocycles. The Hall–Kier alpha value is -0.590. The van der Waals surface area contributed by atoms with E-state index in [1.54, 1.807) is 16.8 Å². The van der Waals surface area contributed by atoms with Crippen molar-refractivity contribution in [1.29, 1.82) is 0 Å². The molecule has 2 nitrogen and oxygen atoms in total. The molecule has 2 rings (SSSR count). The van der Waals surface area contributed by atoms with Gasteiger partial charge < -0.3 is 5.32 Å². The van der Waals surface area contributed by atoms with Crippen LogP contribution in [0.3, 0.4) is 0 Å². The van der Waals surface area contributed by atoms with Crippen molar-refractivity contribution in [2.75, 3.05) is 26.2 Å². The van der Waals surface area contributed by atoms with E-state index >= 15 is 0 Å². The molecular formula is C10H13F3N2S. The summed E-state index contributed by atoms with van der Waals surface area (Å²) in [5.41, 5.74) is 0.361. The van der Waals surface area contributed by atoms with Gasteiger partial charge >= 0.3 is 6.18 Å². The standard InChI is InChI=1S/C10H13F3N2S/c11-10(12,13)9(8-1-6-16-7-8)15-4-2-14-3-5-15/h1,6-7,9,14H,2-5H2/t9-/m0/s1. The molecule has 1 saturated heterocycles. The van der Waals surface area contributed by atoms with Gasteiger partial charge in [-0.15, -0.1) is 0 Å². The van der Waals surface area contributed by atoms with Crippen molar-refractivity contribution < 1.29 is 13.2 Å². The van der Waals surface area contributed by atoms with Gasteiger partial charge in [0.15, 0.2) is 0 Å². The summed E-state index contributed by atoms with van der Waals surface area (Å²) >= 11 is 1.31. The smallest absolute Gasteiger partial charge is 0.314 e. The molecule has 1 aliphatic heterocycles. The van der Waals surface area contributed by atoms with Crippen molar-refractivity contribution in [1.82, 2.24) is 10.2 Å². The number of nitrogens with zero attached hydrogens (tertiary/aromatic N) is 1. The van der Waals surface area contributed by atoms with Crippen molar-refractivity contribution in [3.05, 3.63) is 22.4 Å². The fourth-order valence-electron chi connectivity index (χ4n) is 1.98. The van der Waals surface area contributed by atoms with Crippen LogP contribution in [0.15, 0.2) is 16.8 Å². The molecule has 0 bridgehead atoms. The maximum atomic E-state index is 13.0. The van der Waals surface area contributed by atoms with Crippen molar-refractivity contribution in [3.63, 3.8) is 0 Å². The predicted molar refractivity (Wildman–Crippen MR) is 57.6 cm³/mol. The van der Waals surface area contributed by atoms with E-state index in [0.29, 0.717) is 31.7 Å². The van der Waals surface area contributed by atoms with Gasteiger partial charge in [0.25, 0.3) is 0 Å². The normalized spacial score (nSPS) is 20.9. The van der Waals surface area contributed by atoms with E-state index in [1.165, 1.54) is 16.2 Å². The van der Waals surface area contributed by atoms with E-state index in [4.69, 9.17) is 0 Å². The third-order valence-corrected chi connectivity index (χ3v) is 3.39. The molecular weight excluding hydrogens is 237 g/mol. The van der Waals surface area contributed by atoms with E-state index in [1.807, 2.05) is 0 Å². The highest BCUT2D eigenvalue weighted by atomic mass is 32.1. The molecule has 6 heteroatoms. The zero-order chi connectivity index (χ0) is 11.6. The van der Waals surface area contributed by atoms with Gasteiger partial charge in [0, 0.05) is 26.2 Å². The first-order valence-corrected chi connectivity index (χ1v) is 6.07. The lowest BCUT2D eigenvalue weighted by Crippen LogP contribution is -2.48. The molecule has 1 N–H and O–H groups in total. The quantitative estimate of drug-likeness (QED) is 0.866. The Labute approximate surface area is 96.1 Å². The summed E-state index contributed by atoms with van der Waals surface area (Å²) in [5.74, 6) is 0. The first-order valence-electron chi connectivity index (χ1n) is 5.12. The van der Waals surface area contributed by atoms with Crippen LogP contribution in [-0.4, -0.2) is 37.3 Å². The van der Waals surface area contributed by atoms with E-state index in [-0.39, 0.29) is 0 Å². The zero-order valence-corrected chi connectivity index (χ0v) is 9.44. The van der Waals surface area contributed by atoms with Gasteiger partial charge in [0.2, 0.25) is 0 Å². The van der Waals surface area contributed by atoms with Crippen LogP contribution in [0.1, 0.15) is 11.6 Å². The maximum Gasteiger partial charge on any atom is 0.408 e.